The van der Waals surface area contributed by atoms with E-state index in [4.69, 9.17) is 4.84 Å². The smallest absolute Gasteiger partial charge is 0.306 e. The zero-order valence-corrected chi connectivity index (χ0v) is 9.52. The van der Waals surface area contributed by atoms with Crippen molar-refractivity contribution in [2.45, 2.75) is 0 Å². The predicted molar refractivity (Wildman–Crippen MR) is 65.9 cm³/mol. The van der Waals surface area contributed by atoms with Crippen LogP contribution in [0.5, 0.6) is 5.19 Å². The first-order chi connectivity index (χ1) is 8.42. The molecule has 0 spiro atoms. The van der Waals surface area contributed by atoms with Crippen LogP contribution in [0.2, 0.25) is 0 Å². The number of aromatic nitrogens is 3. The molecular formula is C11H8N4OS. The maximum atomic E-state index is 5.35. The Balaban J connectivity index is 1.77. The normalized spacial score (nSPS) is 10.4. The molecule has 0 aliphatic heterocycles. The second-order valence-corrected chi connectivity index (χ2v) is 4.18. The van der Waals surface area contributed by atoms with Gasteiger partial charge in [-0.25, -0.2) is 15.4 Å². The fourth-order valence-corrected chi connectivity index (χ4v) is 2.00. The average Bonchev–Trinajstić information content (AvgIpc) is 2.80. The van der Waals surface area contributed by atoms with Crippen LogP contribution in [-0.4, -0.2) is 15.0 Å². The maximum Gasteiger partial charge on any atom is 0.306 e. The van der Waals surface area contributed by atoms with Crippen LogP contribution in [0.25, 0.3) is 10.5 Å². The fourth-order valence-electron chi connectivity index (χ4n) is 1.31. The van der Waals surface area contributed by atoms with Gasteiger partial charge in [-0.2, -0.15) is 4.98 Å². The van der Waals surface area contributed by atoms with Crippen LogP contribution < -0.4 is 10.3 Å². The summed E-state index contributed by atoms with van der Waals surface area (Å²) < 4.78 is 0. The summed E-state index contributed by atoms with van der Waals surface area (Å²) >= 11 is 1.35. The largest absolute Gasteiger partial charge is 0.350 e. The summed E-state index contributed by atoms with van der Waals surface area (Å²) in [6.07, 6.45) is 3.24. The molecular weight excluding hydrogens is 236 g/mol. The van der Waals surface area contributed by atoms with Gasteiger partial charge >= 0.3 is 5.19 Å². The number of anilines is 1. The first kappa shape index (κ1) is 9.98. The Kier molecular flexibility index (Phi) is 2.55. The van der Waals surface area contributed by atoms with Gasteiger partial charge in [-0.15, -0.1) is 0 Å². The lowest BCUT2D eigenvalue weighted by atomic mass is 10.3. The summed E-state index contributed by atoms with van der Waals surface area (Å²) in [4.78, 5) is 18.5. The minimum atomic E-state index is 0.495. The van der Waals surface area contributed by atoms with Crippen molar-refractivity contribution in [2.75, 3.05) is 5.48 Å². The molecule has 0 bridgehead atoms. The third-order valence-electron chi connectivity index (χ3n) is 2.06. The van der Waals surface area contributed by atoms with Crippen LogP contribution in [0.15, 0.2) is 42.7 Å². The first-order valence-electron chi connectivity index (χ1n) is 4.97. The molecule has 0 unspecified atom stereocenters. The number of rotatable bonds is 3. The standard InChI is InChI=1S/C11H8N4OS/c1-2-4-8(5-3-1)15-16-11-14-9-10(17-11)13-7-6-12-9/h1-7,15H. The highest BCUT2D eigenvalue weighted by molar-refractivity contribution is 7.19. The van der Waals surface area contributed by atoms with Gasteiger partial charge in [0.05, 0.1) is 5.69 Å². The molecule has 84 valence electrons. The number of fused-ring (bicyclic) bond motifs is 1. The van der Waals surface area contributed by atoms with E-state index >= 15 is 0 Å². The molecule has 17 heavy (non-hydrogen) atoms. The van der Waals surface area contributed by atoms with Gasteiger partial charge in [-0.3, -0.25) is 0 Å². The zero-order chi connectivity index (χ0) is 11.5. The summed E-state index contributed by atoms with van der Waals surface area (Å²) in [5.41, 5.74) is 4.28. The van der Waals surface area contributed by atoms with Gasteiger partial charge in [0.1, 0.15) is 0 Å². The van der Waals surface area contributed by atoms with Gasteiger partial charge < -0.3 is 4.84 Å². The minimum absolute atomic E-state index is 0.495. The molecule has 0 saturated heterocycles. The van der Waals surface area contributed by atoms with Crippen molar-refractivity contribution in [3.8, 4) is 5.19 Å². The van der Waals surface area contributed by atoms with Gasteiger partial charge in [-0.1, -0.05) is 29.5 Å². The molecule has 3 aromatic rings. The second-order valence-electron chi connectivity index (χ2n) is 3.24. The molecule has 0 saturated carbocycles. The number of nitrogens with zero attached hydrogens (tertiary/aromatic N) is 3. The molecule has 0 atom stereocenters. The summed E-state index contributed by atoms with van der Waals surface area (Å²) in [6, 6.07) is 9.60. The van der Waals surface area contributed by atoms with E-state index in [1.54, 1.807) is 12.4 Å². The Bertz CT molecular complexity index is 592. The van der Waals surface area contributed by atoms with Crippen molar-refractivity contribution in [3.05, 3.63) is 42.7 Å². The van der Waals surface area contributed by atoms with Crippen molar-refractivity contribution in [3.63, 3.8) is 0 Å². The number of para-hydroxylation sites is 1. The quantitative estimate of drug-likeness (QED) is 0.717. The van der Waals surface area contributed by atoms with E-state index < -0.39 is 0 Å². The number of benzene rings is 1. The molecule has 1 aromatic carbocycles. The van der Waals surface area contributed by atoms with Gasteiger partial charge in [0.2, 0.25) is 0 Å². The van der Waals surface area contributed by atoms with Crippen LogP contribution in [0.4, 0.5) is 5.69 Å². The van der Waals surface area contributed by atoms with E-state index in [-0.39, 0.29) is 0 Å². The number of hydrogen-bond acceptors (Lipinski definition) is 6. The highest BCUT2D eigenvalue weighted by Crippen LogP contribution is 2.24. The Labute approximate surface area is 101 Å². The molecule has 2 aromatic heterocycles. The van der Waals surface area contributed by atoms with Crippen LogP contribution in [0.3, 0.4) is 0 Å². The summed E-state index contributed by atoms with van der Waals surface area (Å²) in [6.45, 7) is 0. The third kappa shape index (κ3) is 2.16. The van der Waals surface area contributed by atoms with E-state index in [0.717, 1.165) is 10.5 Å². The molecule has 0 amide bonds. The van der Waals surface area contributed by atoms with Crippen molar-refractivity contribution in [2.24, 2.45) is 0 Å². The Hall–Kier alpha value is -2.21. The monoisotopic (exact) mass is 244 g/mol. The van der Waals surface area contributed by atoms with Crippen LogP contribution in [0.1, 0.15) is 0 Å². The summed E-state index contributed by atoms with van der Waals surface area (Å²) in [5, 5.41) is 0.495. The van der Waals surface area contributed by atoms with E-state index in [1.165, 1.54) is 11.3 Å². The van der Waals surface area contributed by atoms with Gasteiger partial charge in [0.15, 0.2) is 10.5 Å². The van der Waals surface area contributed by atoms with Crippen molar-refractivity contribution in [1.82, 2.24) is 15.0 Å². The van der Waals surface area contributed by atoms with Gasteiger partial charge in [0.25, 0.3) is 0 Å². The zero-order valence-electron chi connectivity index (χ0n) is 8.70. The summed E-state index contributed by atoms with van der Waals surface area (Å²) in [7, 11) is 0. The van der Waals surface area contributed by atoms with Crippen LogP contribution >= 0.6 is 11.3 Å². The highest BCUT2D eigenvalue weighted by atomic mass is 32.1. The molecule has 0 aliphatic carbocycles. The lowest BCUT2D eigenvalue weighted by molar-refractivity contribution is 0.403. The van der Waals surface area contributed by atoms with Crippen molar-refractivity contribution >= 4 is 27.5 Å². The molecule has 6 heteroatoms. The predicted octanol–water partition coefficient (Wildman–Crippen LogP) is 2.49. The number of thiazole rings is 1. The van der Waals surface area contributed by atoms with Crippen LogP contribution in [0, 0.1) is 0 Å². The lowest BCUT2D eigenvalue weighted by Crippen LogP contribution is -2.03. The molecule has 0 fully saturated rings. The fraction of sp³-hybridized carbons (Fsp3) is 0. The van der Waals surface area contributed by atoms with Crippen molar-refractivity contribution in [1.29, 1.82) is 0 Å². The number of hydrogen-bond donors (Lipinski definition) is 1. The molecule has 2 heterocycles. The Morgan fingerprint density at radius 2 is 1.88 bits per heavy atom. The van der Waals surface area contributed by atoms with Crippen molar-refractivity contribution < 1.29 is 4.84 Å². The van der Waals surface area contributed by atoms with E-state index in [0.29, 0.717) is 10.8 Å². The lowest BCUT2D eigenvalue weighted by Gasteiger charge is -2.03. The topological polar surface area (TPSA) is 59.9 Å². The average molecular weight is 244 g/mol. The van der Waals surface area contributed by atoms with E-state index in [1.807, 2.05) is 30.3 Å². The molecule has 0 radical (unpaired) electrons. The van der Waals surface area contributed by atoms with Gasteiger partial charge in [-0.05, 0) is 12.1 Å². The molecule has 1 N–H and O–H groups in total. The van der Waals surface area contributed by atoms with E-state index in [9.17, 15) is 0 Å². The highest BCUT2D eigenvalue weighted by Gasteiger charge is 2.06. The van der Waals surface area contributed by atoms with E-state index in [2.05, 4.69) is 20.4 Å². The minimum Gasteiger partial charge on any atom is -0.350 e. The molecule has 0 aliphatic rings. The maximum absolute atomic E-state index is 5.35. The first-order valence-corrected chi connectivity index (χ1v) is 5.79. The summed E-state index contributed by atoms with van der Waals surface area (Å²) in [5.74, 6) is 0. The van der Waals surface area contributed by atoms with Crippen LogP contribution in [-0.2, 0) is 0 Å². The number of nitrogens with one attached hydrogen (secondary N) is 1. The molecule has 3 rings (SSSR count). The third-order valence-corrected chi connectivity index (χ3v) is 2.89. The molecule has 5 nitrogen and oxygen atoms in total. The SMILES string of the molecule is c1ccc(NOc2nc3nccnc3s2)cc1. The Morgan fingerprint density at radius 1 is 1.06 bits per heavy atom. The van der Waals surface area contributed by atoms with Gasteiger partial charge in [0, 0.05) is 12.4 Å². The Morgan fingerprint density at radius 3 is 2.71 bits per heavy atom. The second kappa shape index (κ2) is 4.34.